The van der Waals surface area contributed by atoms with Crippen molar-refractivity contribution in [3.63, 3.8) is 0 Å². The highest BCUT2D eigenvalue weighted by molar-refractivity contribution is 6.23. The Morgan fingerprint density at radius 1 is 1.21 bits per heavy atom. The summed E-state index contributed by atoms with van der Waals surface area (Å²) in [4.78, 5) is 49.8. The largest absolute Gasteiger partial charge is 0.508 e. The Balaban J connectivity index is 1.83. The lowest BCUT2D eigenvalue weighted by atomic mass is 9.55. The highest BCUT2D eigenvalue weighted by Crippen LogP contribution is 2.55. The van der Waals surface area contributed by atoms with E-state index in [-0.39, 0.29) is 17.7 Å². The third-order valence-electron chi connectivity index (χ3n) is 7.67. The van der Waals surface area contributed by atoms with Crippen LogP contribution in [0.1, 0.15) is 55.7 Å². The van der Waals surface area contributed by atoms with Gasteiger partial charge in [0, 0.05) is 35.5 Å². The zero-order valence-electron chi connectivity index (χ0n) is 20.8. The number of phenolic OH excluding ortho intramolecular Hbond substituents is 1. The quantitative estimate of drug-likeness (QED) is 0.135. The number of Topliss-reactive ketones (excluding diaryl/α,β-unsaturated/α-hetero) is 2. The molecule has 5 atom stereocenters. The molecule has 0 radical (unpaired) electrons. The smallest absolute Gasteiger partial charge is 0.330 e. The van der Waals surface area contributed by atoms with E-state index in [0.29, 0.717) is 12.0 Å². The number of ether oxygens (including phenoxy) is 1. The lowest BCUT2D eigenvalue weighted by Gasteiger charge is -2.50. The molecule has 1 aromatic rings. The minimum Gasteiger partial charge on any atom is -0.508 e. The summed E-state index contributed by atoms with van der Waals surface area (Å²) >= 11 is 0. The second-order valence-corrected chi connectivity index (χ2v) is 9.81. The van der Waals surface area contributed by atoms with E-state index >= 15 is 0 Å². The maximum Gasteiger partial charge on any atom is 0.330 e. The van der Waals surface area contributed by atoms with Crippen LogP contribution in [0.5, 0.6) is 5.75 Å². The molecule has 0 aliphatic heterocycles. The van der Waals surface area contributed by atoms with Gasteiger partial charge in [-0.1, -0.05) is 32.4 Å². The molecule has 0 saturated heterocycles. The van der Waals surface area contributed by atoms with E-state index in [0.717, 1.165) is 12.5 Å². The summed E-state index contributed by atoms with van der Waals surface area (Å²) < 4.78 is 5.04. The molecule has 5 unspecified atom stereocenters. The summed E-state index contributed by atoms with van der Waals surface area (Å²) in [5.41, 5.74) is 1.19. The molecule has 3 aliphatic carbocycles. The molecular formula is C27H29NO10. The van der Waals surface area contributed by atoms with Crippen molar-refractivity contribution in [1.82, 2.24) is 0 Å². The average Bonchev–Trinajstić information content (AvgIpc) is 2.85. The molecule has 11 heteroatoms. The van der Waals surface area contributed by atoms with Crippen LogP contribution in [0.4, 0.5) is 0 Å². The normalized spacial score (nSPS) is 28.7. The van der Waals surface area contributed by atoms with Crippen molar-refractivity contribution < 1.29 is 49.4 Å². The molecule has 0 heterocycles. The number of primary amides is 1. The van der Waals surface area contributed by atoms with E-state index in [1.54, 1.807) is 13.0 Å². The second kappa shape index (κ2) is 9.73. The third-order valence-corrected chi connectivity index (χ3v) is 7.67. The zero-order valence-corrected chi connectivity index (χ0v) is 20.8. The number of aliphatic hydroxyl groups excluding tert-OH is 3. The molecule has 3 aliphatic rings. The number of unbranched alkanes of at least 4 members (excludes halogenated alkanes) is 1. The lowest BCUT2D eigenvalue weighted by molar-refractivity contribution is -0.160. The number of ketones is 2. The molecule has 0 spiro atoms. The summed E-state index contributed by atoms with van der Waals surface area (Å²) in [7, 11) is 0. The van der Waals surface area contributed by atoms with Gasteiger partial charge in [-0.3, -0.25) is 14.4 Å². The van der Waals surface area contributed by atoms with Crippen molar-refractivity contribution in [3.8, 4) is 5.75 Å². The minimum absolute atomic E-state index is 0.122. The average molecular weight is 528 g/mol. The van der Waals surface area contributed by atoms with Gasteiger partial charge in [-0.2, -0.15) is 0 Å². The predicted molar refractivity (Wildman–Crippen MR) is 132 cm³/mol. The zero-order chi connectivity index (χ0) is 28.1. The van der Waals surface area contributed by atoms with Crippen molar-refractivity contribution in [2.45, 2.75) is 50.7 Å². The summed E-state index contributed by atoms with van der Waals surface area (Å²) in [6.45, 7) is 3.81. The molecule has 11 nitrogen and oxygen atoms in total. The van der Waals surface area contributed by atoms with Crippen LogP contribution in [-0.4, -0.2) is 67.3 Å². The SMILES string of the molecule is CCCCOC(=O)/C=C/c1ccc2c(c1O)C(O)=C1C(=O)C3(O)C(O)=C(C(N)=O)C(=O)CC3C(O)C1C2C. The summed E-state index contributed by atoms with van der Waals surface area (Å²) in [5.74, 6) is -9.95. The minimum atomic E-state index is -2.90. The number of fused-ring (bicyclic) bond motifs is 3. The van der Waals surface area contributed by atoms with Crippen LogP contribution in [0.15, 0.2) is 35.1 Å². The molecular weight excluding hydrogens is 498 g/mol. The molecule has 38 heavy (non-hydrogen) atoms. The van der Waals surface area contributed by atoms with Gasteiger partial charge in [-0.05, 0) is 24.0 Å². The van der Waals surface area contributed by atoms with E-state index in [1.807, 2.05) is 6.92 Å². The highest BCUT2D eigenvalue weighted by atomic mass is 16.5. The van der Waals surface area contributed by atoms with Crippen molar-refractivity contribution in [2.75, 3.05) is 6.61 Å². The lowest BCUT2D eigenvalue weighted by Crippen LogP contribution is -2.63. The number of benzene rings is 1. The number of carbonyl (C=O) groups is 4. The van der Waals surface area contributed by atoms with Crippen LogP contribution in [0.3, 0.4) is 0 Å². The predicted octanol–water partition coefficient (Wildman–Crippen LogP) is 1.31. The Hall–Kier alpha value is -3.96. The molecule has 1 fully saturated rings. The number of rotatable bonds is 6. The van der Waals surface area contributed by atoms with Gasteiger partial charge in [0.2, 0.25) is 5.78 Å². The van der Waals surface area contributed by atoms with Gasteiger partial charge in [0.05, 0.1) is 18.3 Å². The number of esters is 1. The van der Waals surface area contributed by atoms with Gasteiger partial charge >= 0.3 is 5.97 Å². The molecule has 0 aromatic heterocycles. The number of hydrogen-bond acceptors (Lipinski definition) is 10. The van der Waals surface area contributed by atoms with Crippen LogP contribution in [0.2, 0.25) is 0 Å². The van der Waals surface area contributed by atoms with Gasteiger partial charge < -0.3 is 36.0 Å². The van der Waals surface area contributed by atoms with Gasteiger partial charge in [0.15, 0.2) is 11.4 Å². The molecule has 0 bridgehead atoms. The summed E-state index contributed by atoms with van der Waals surface area (Å²) in [5, 5.41) is 55.4. The number of nitrogens with two attached hydrogens (primary N) is 1. The Morgan fingerprint density at radius 2 is 1.89 bits per heavy atom. The van der Waals surface area contributed by atoms with Gasteiger partial charge in [0.25, 0.3) is 5.91 Å². The van der Waals surface area contributed by atoms with Crippen molar-refractivity contribution >= 4 is 35.3 Å². The Morgan fingerprint density at radius 3 is 2.53 bits per heavy atom. The van der Waals surface area contributed by atoms with Crippen LogP contribution in [-0.2, 0) is 23.9 Å². The van der Waals surface area contributed by atoms with E-state index in [4.69, 9.17) is 10.5 Å². The van der Waals surface area contributed by atoms with Crippen LogP contribution in [0, 0.1) is 11.8 Å². The topological polar surface area (TPSA) is 205 Å². The second-order valence-electron chi connectivity index (χ2n) is 9.81. The van der Waals surface area contributed by atoms with E-state index in [1.165, 1.54) is 12.1 Å². The molecule has 1 amide bonds. The van der Waals surface area contributed by atoms with Crippen molar-refractivity contribution in [3.05, 3.63) is 51.8 Å². The van der Waals surface area contributed by atoms with Crippen LogP contribution < -0.4 is 5.73 Å². The first-order valence-corrected chi connectivity index (χ1v) is 12.2. The monoisotopic (exact) mass is 527 g/mol. The molecule has 1 aromatic carbocycles. The molecule has 1 saturated carbocycles. The van der Waals surface area contributed by atoms with E-state index < -0.39 is 87.7 Å². The maximum absolute atomic E-state index is 13.7. The number of amides is 1. The standard InChI is InChI=1S/C27H29NO10/c1-3-4-9-38-16(30)8-6-12-5-7-13-11(2)17-20(23(33)18(13)21(12)31)25(35)27(37)14(22(17)32)10-15(29)19(24(27)34)26(28)36/h5-8,11,14,17,22,31-34,37H,3-4,9-10H2,1-2H3,(H2,28,36)/b8-6+. The van der Waals surface area contributed by atoms with Gasteiger partial charge in [-0.15, -0.1) is 0 Å². The first-order chi connectivity index (χ1) is 17.9. The fourth-order valence-electron chi connectivity index (χ4n) is 5.67. The number of phenols is 1. The Bertz CT molecular complexity index is 1340. The fourth-order valence-corrected chi connectivity index (χ4v) is 5.67. The number of aliphatic hydroxyl groups is 4. The fraction of sp³-hybridized carbons (Fsp3) is 0.407. The van der Waals surface area contributed by atoms with Gasteiger partial charge in [0.1, 0.15) is 22.8 Å². The third kappa shape index (κ3) is 3.89. The molecule has 4 rings (SSSR count). The van der Waals surface area contributed by atoms with Crippen LogP contribution in [0.25, 0.3) is 11.8 Å². The van der Waals surface area contributed by atoms with E-state index in [9.17, 15) is 44.7 Å². The van der Waals surface area contributed by atoms with Crippen molar-refractivity contribution in [1.29, 1.82) is 0 Å². The highest BCUT2D eigenvalue weighted by Gasteiger charge is 2.64. The maximum atomic E-state index is 13.7. The molecule has 202 valence electrons. The first kappa shape index (κ1) is 27.1. The first-order valence-electron chi connectivity index (χ1n) is 12.2. The number of aromatic hydroxyl groups is 1. The summed E-state index contributed by atoms with van der Waals surface area (Å²) in [6.07, 6.45) is 1.67. The Labute approximate surface area is 217 Å². The van der Waals surface area contributed by atoms with Crippen molar-refractivity contribution in [2.24, 2.45) is 17.6 Å². The van der Waals surface area contributed by atoms with E-state index in [2.05, 4.69) is 0 Å². The summed E-state index contributed by atoms with van der Waals surface area (Å²) in [6, 6.07) is 3.05. The van der Waals surface area contributed by atoms with Crippen LogP contribution >= 0.6 is 0 Å². The number of carbonyl (C=O) groups excluding carboxylic acids is 4. The molecule has 7 N–H and O–H groups in total. The Kier molecular flexibility index (Phi) is 6.94. The van der Waals surface area contributed by atoms with Gasteiger partial charge in [-0.25, -0.2) is 4.79 Å². The number of hydrogen-bond donors (Lipinski definition) is 6.